The average molecular weight is 465 g/mol. The van der Waals surface area contributed by atoms with Gasteiger partial charge in [0, 0.05) is 31.5 Å². The molecule has 0 spiro atoms. The Balaban J connectivity index is 1.25. The van der Waals surface area contributed by atoms with Gasteiger partial charge in [0.1, 0.15) is 6.61 Å². The molecule has 0 saturated carbocycles. The van der Waals surface area contributed by atoms with Gasteiger partial charge < -0.3 is 20.1 Å². The summed E-state index contributed by atoms with van der Waals surface area (Å²) in [5.74, 6) is -1.84. The van der Waals surface area contributed by atoms with Crippen molar-refractivity contribution < 1.29 is 24.2 Å². The molecule has 0 aromatic heterocycles. The van der Waals surface area contributed by atoms with Crippen LogP contribution in [0.5, 0.6) is 0 Å². The van der Waals surface area contributed by atoms with Crippen LogP contribution in [-0.4, -0.2) is 54.2 Å². The fourth-order valence-corrected chi connectivity index (χ4v) is 5.19. The highest BCUT2D eigenvalue weighted by Gasteiger charge is 2.45. The highest BCUT2D eigenvalue weighted by atomic mass is 16.5. The Labute approximate surface area is 200 Å². The lowest BCUT2D eigenvalue weighted by Gasteiger charge is -2.23. The number of hydrogen-bond acceptors (Lipinski definition) is 4. The first-order valence-electron chi connectivity index (χ1n) is 11.8. The molecule has 0 radical (unpaired) electrons. The van der Waals surface area contributed by atoms with Gasteiger partial charge in [-0.05, 0) is 34.1 Å². The van der Waals surface area contributed by atoms with Crippen molar-refractivity contribution in [1.29, 1.82) is 0 Å². The second-order valence-corrected chi connectivity index (χ2v) is 10.0. The van der Waals surface area contributed by atoms with Gasteiger partial charge in [-0.3, -0.25) is 9.59 Å². The Morgan fingerprint density at radius 2 is 1.68 bits per heavy atom. The summed E-state index contributed by atoms with van der Waals surface area (Å²) in [6, 6.07) is 16.3. The summed E-state index contributed by atoms with van der Waals surface area (Å²) in [4.78, 5) is 38.3. The molecule has 2 aromatic rings. The minimum Gasteiger partial charge on any atom is -0.481 e. The summed E-state index contributed by atoms with van der Waals surface area (Å²) in [6.07, 6.45) is -0.0488. The number of nitrogens with zero attached hydrogens (tertiary/aromatic N) is 1. The standard InChI is InChI=1S/C27H32N2O5/c1-17(24(30)29-14-23(25(31)32)27(2,3)16-29)12-13-28-26(33)34-15-22-20-10-6-4-8-18(20)19-9-5-7-11-21(19)22/h4-11,17,22-23H,12-16H2,1-3H3,(H,28,33)(H,31,32). The quantitative estimate of drug-likeness (QED) is 0.643. The summed E-state index contributed by atoms with van der Waals surface area (Å²) in [5, 5.41) is 12.2. The molecule has 180 valence electrons. The number of carboxylic acid groups (broad SMARTS) is 1. The van der Waals surface area contributed by atoms with Gasteiger partial charge >= 0.3 is 12.1 Å². The number of amides is 2. The van der Waals surface area contributed by atoms with Crippen LogP contribution in [0, 0.1) is 17.3 Å². The van der Waals surface area contributed by atoms with Crippen LogP contribution in [0.4, 0.5) is 4.79 Å². The Kier molecular flexibility index (Phi) is 6.64. The van der Waals surface area contributed by atoms with Gasteiger partial charge in [-0.1, -0.05) is 69.3 Å². The van der Waals surface area contributed by atoms with Crippen molar-refractivity contribution in [3.8, 4) is 11.1 Å². The zero-order valence-electron chi connectivity index (χ0n) is 19.9. The Hall–Kier alpha value is -3.35. The van der Waals surface area contributed by atoms with Gasteiger partial charge in [0.25, 0.3) is 0 Å². The maximum absolute atomic E-state index is 12.8. The van der Waals surface area contributed by atoms with Crippen LogP contribution in [0.3, 0.4) is 0 Å². The second-order valence-electron chi connectivity index (χ2n) is 10.0. The molecule has 1 aliphatic carbocycles. The molecule has 1 aliphatic heterocycles. The first kappa shape index (κ1) is 23.8. The normalized spacial score (nSPS) is 19.3. The largest absolute Gasteiger partial charge is 0.481 e. The fraction of sp³-hybridized carbons (Fsp3) is 0.444. The van der Waals surface area contributed by atoms with Gasteiger partial charge in [0.2, 0.25) is 5.91 Å². The van der Waals surface area contributed by atoms with Crippen molar-refractivity contribution in [3.05, 3.63) is 59.7 Å². The van der Waals surface area contributed by atoms with Crippen LogP contribution in [0.15, 0.2) is 48.5 Å². The van der Waals surface area contributed by atoms with Crippen molar-refractivity contribution in [2.24, 2.45) is 17.3 Å². The number of ether oxygens (including phenoxy) is 1. The third kappa shape index (κ3) is 4.65. The van der Waals surface area contributed by atoms with Crippen LogP contribution in [-0.2, 0) is 14.3 Å². The SMILES string of the molecule is CC(CCNC(=O)OCC1c2ccccc2-c2ccccc21)C(=O)N1CC(C(=O)O)C(C)(C)C1. The summed E-state index contributed by atoms with van der Waals surface area (Å²) < 4.78 is 5.54. The van der Waals surface area contributed by atoms with Gasteiger partial charge in [-0.2, -0.15) is 0 Å². The predicted molar refractivity (Wildman–Crippen MR) is 128 cm³/mol. The molecular formula is C27H32N2O5. The molecule has 1 saturated heterocycles. The highest BCUT2D eigenvalue weighted by Crippen LogP contribution is 2.44. The Bertz CT molecular complexity index is 1050. The molecule has 2 unspecified atom stereocenters. The van der Waals surface area contributed by atoms with E-state index >= 15 is 0 Å². The molecule has 1 heterocycles. The number of carboxylic acids is 1. The number of rotatable bonds is 7. The molecule has 34 heavy (non-hydrogen) atoms. The van der Waals surface area contributed by atoms with E-state index < -0.39 is 23.4 Å². The fourth-order valence-electron chi connectivity index (χ4n) is 5.19. The monoisotopic (exact) mass is 464 g/mol. The number of carbonyl (C=O) groups excluding carboxylic acids is 2. The van der Waals surface area contributed by atoms with Gasteiger partial charge in [0.05, 0.1) is 5.92 Å². The third-order valence-corrected chi connectivity index (χ3v) is 7.17. The van der Waals surface area contributed by atoms with E-state index in [-0.39, 0.29) is 30.9 Å². The number of hydrogen-bond donors (Lipinski definition) is 2. The van der Waals surface area contributed by atoms with E-state index in [0.29, 0.717) is 19.5 Å². The lowest BCUT2D eigenvalue weighted by molar-refractivity contribution is -0.144. The van der Waals surface area contributed by atoms with Crippen LogP contribution in [0.2, 0.25) is 0 Å². The van der Waals surface area contributed by atoms with Crippen molar-refractivity contribution in [1.82, 2.24) is 10.2 Å². The van der Waals surface area contributed by atoms with E-state index in [0.717, 1.165) is 11.1 Å². The third-order valence-electron chi connectivity index (χ3n) is 7.17. The van der Waals surface area contributed by atoms with Crippen LogP contribution >= 0.6 is 0 Å². The molecule has 1 fully saturated rings. The molecule has 2 N–H and O–H groups in total. The number of benzene rings is 2. The number of fused-ring (bicyclic) bond motifs is 3. The zero-order valence-corrected chi connectivity index (χ0v) is 19.9. The Morgan fingerprint density at radius 1 is 1.09 bits per heavy atom. The van der Waals surface area contributed by atoms with E-state index in [2.05, 4.69) is 29.6 Å². The molecule has 4 rings (SSSR count). The average Bonchev–Trinajstić information content (AvgIpc) is 3.31. The number of alkyl carbamates (subject to hydrolysis) is 1. The van der Waals surface area contributed by atoms with Crippen LogP contribution < -0.4 is 5.32 Å². The summed E-state index contributed by atoms with van der Waals surface area (Å²) in [5.41, 5.74) is 4.21. The summed E-state index contributed by atoms with van der Waals surface area (Å²) in [6.45, 7) is 6.77. The number of likely N-dealkylation sites (tertiary alicyclic amines) is 1. The minimum absolute atomic E-state index is 0.000599. The van der Waals surface area contributed by atoms with Gasteiger partial charge in [0.15, 0.2) is 0 Å². The molecule has 2 aromatic carbocycles. The smallest absolute Gasteiger partial charge is 0.407 e. The van der Waals surface area contributed by atoms with E-state index in [1.807, 2.05) is 45.0 Å². The van der Waals surface area contributed by atoms with Gasteiger partial charge in [-0.25, -0.2) is 4.79 Å². The first-order valence-corrected chi connectivity index (χ1v) is 11.8. The zero-order chi connectivity index (χ0) is 24.5. The molecule has 0 bridgehead atoms. The number of nitrogens with one attached hydrogen (secondary N) is 1. The maximum Gasteiger partial charge on any atom is 0.407 e. The van der Waals surface area contributed by atoms with Crippen LogP contribution in [0.1, 0.15) is 44.2 Å². The van der Waals surface area contributed by atoms with Gasteiger partial charge in [-0.15, -0.1) is 0 Å². The summed E-state index contributed by atoms with van der Waals surface area (Å²) >= 11 is 0. The molecule has 2 amide bonds. The Morgan fingerprint density at radius 3 is 2.24 bits per heavy atom. The first-order chi connectivity index (χ1) is 16.2. The van der Waals surface area contributed by atoms with E-state index in [4.69, 9.17) is 4.74 Å². The molecule has 2 aliphatic rings. The van der Waals surface area contributed by atoms with Crippen molar-refractivity contribution in [3.63, 3.8) is 0 Å². The number of carbonyl (C=O) groups is 3. The molecule has 7 heteroatoms. The highest BCUT2D eigenvalue weighted by molar-refractivity contribution is 5.81. The van der Waals surface area contributed by atoms with Crippen molar-refractivity contribution in [2.45, 2.75) is 33.1 Å². The van der Waals surface area contributed by atoms with E-state index in [9.17, 15) is 19.5 Å². The van der Waals surface area contributed by atoms with Crippen molar-refractivity contribution in [2.75, 3.05) is 26.2 Å². The van der Waals surface area contributed by atoms with Crippen molar-refractivity contribution >= 4 is 18.0 Å². The maximum atomic E-state index is 12.8. The predicted octanol–water partition coefficient (Wildman–Crippen LogP) is 4.12. The topological polar surface area (TPSA) is 95.9 Å². The lowest BCUT2D eigenvalue weighted by atomic mass is 9.82. The van der Waals surface area contributed by atoms with E-state index in [1.54, 1.807) is 4.90 Å². The summed E-state index contributed by atoms with van der Waals surface area (Å²) in [7, 11) is 0. The number of aliphatic carboxylic acids is 1. The molecular weight excluding hydrogens is 432 g/mol. The van der Waals surface area contributed by atoms with E-state index in [1.165, 1.54) is 11.1 Å². The minimum atomic E-state index is -0.870. The van der Waals surface area contributed by atoms with Crippen LogP contribution in [0.25, 0.3) is 11.1 Å². The second kappa shape index (κ2) is 9.49. The molecule has 7 nitrogen and oxygen atoms in total. The lowest BCUT2D eigenvalue weighted by Crippen LogP contribution is -2.36. The molecule has 2 atom stereocenters.